The normalized spacial score (nSPS) is 20.5. The van der Waals surface area contributed by atoms with Gasteiger partial charge in [0.05, 0.1) is 13.2 Å². The number of Topliss-reactive ketones (excluding diaryl/α,β-unsaturated/α-hetero) is 1. The predicted molar refractivity (Wildman–Crippen MR) is 106 cm³/mol. The number of nitrogens with zero attached hydrogens (tertiary/aromatic N) is 3. The minimum Gasteiger partial charge on any atom is -0.493 e. The van der Waals surface area contributed by atoms with E-state index in [9.17, 15) is 4.79 Å². The van der Waals surface area contributed by atoms with Crippen molar-refractivity contribution in [3.8, 4) is 11.5 Å². The fraction of sp³-hybridized carbons (Fsp3) is 0.476. The van der Waals surface area contributed by atoms with Gasteiger partial charge < -0.3 is 14.8 Å². The van der Waals surface area contributed by atoms with Crippen LogP contribution in [0.15, 0.2) is 35.8 Å². The minimum atomic E-state index is -0.334. The Morgan fingerprint density at radius 3 is 2.75 bits per heavy atom. The number of carbonyl (C=O) groups is 1. The molecule has 2 aromatic rings. The number of aromatic nitrogens is 3. The van der Waals surface area contributed by atoms with Crippen LogP contribution in [0, 0.1) is 5.41 Å². The number of ether oxygens (including phenoxy) is 2. The Morgan fingerprint density at radius 1 is 1.25 bits per heavy atom. The molecule has 0 saturated carbocycles. The van der Waals surface area contributed by atoms with E-state index in [1.54, 1.807) is 11.8 Å². The molecule has 7 heteroatoms. The maximum atomic E-state index is 13.1. The molecule has 1 aromatic heterocycles. The van der Waals surface area contributed by atoms with Gasteiger partial charge in [0, 0.05) is 17.7 Å². The number of methoxy groups -OCH3 is 1. The number of ketones is 1. The van der Waals surface area contributed by atoms with Gasteiger partial charge >= 0.3 is 0 Å². The standard InChI is InChI=1S/C21H26N4O3/c1-12(2)28-16-7-6-13(8-17(16)27-5)19-18-14(9-21(3,4)10-15(18)26)24-20-22-11-23-25(19)20/h6-8,11-12,19H,9-10H2,1-5H3,(H,22,23,24). The van der Waals surface area contributed by atoms with E-state index in [1.807, 2.05) is 32.0 Å². The maximum absolute atomic E-state index is 13.1. The summed E-state index contributed by atoms with van der Waals surface area (Å²) >= 11 is 0. The van der Waals surface area contributed by atoms with Crippen LogP contribution in [0.1, 0.15) is 52.1 Å². The number of fused-ring (bicyclic) bond motifs is 1. The number of benzene rings is 1. The molecular weight excluding hydrogens is 356 g/mol. The van der Waals surface area contributed by atoms with Crippen LogP contribution in [0.2, 0.25) is 0 Å². The molecule has 1 unspecified atom stereocenters. The summed E-state index contributed by atoms with van der Waals surface area (Å²) < 4.78 is 13.2. The van der Waals surface area contributed by atoms with Gasteiger partial charge in [-0.2, -0.15) is 10.1 Å². The number of anilines is 1. The minimum absolute atomic E-state index is 0.0389. The first-order valence-electron chi connectivity index (χ1n) is 9.56. The molecule has 2 aliphatic rings. The number of allylic oxidation sites excluding steroid dienone is 2. The number of rotatable bonds is 4. The summed E-state index contributed by atoms with van der Waals surface area (Å²) in [7, 11) is 1.62. The van der Waals surface area contributed by atoms with Crippen LogP contribution in [0.25, 0.3) is 0 Å². The van der Waals surface area contributed by atoms with Crippen LogP contribution in [0.5, 0.6) is 11.5 Å². The van der Waals surface area contributed by atoms with Crippen molar-refractivity contribution in [1.29, 1.82) is 0 Å². The maximum Gasteiger partial charge on any atom is 0.226 e. The van der Waals surface area contributed by atoms with Gasteiger partial charge in [0.2, 0.25) is 5.95 Å². The van der Waals surface area contributed by atoms with Crippen molar-refractivity contribution in [1.82, 2.24) is 14.8 Å². The Hall–Kier alpha value is -2.83. The van der Waals surface area contributed by atoms with E-state index in [2.05, 4.69) is 29.2 Å². The van der Waals surface area contributed by atoms with Gasteiger partial charge in [-0.1, -0.05) is 19.9 Å². The molecule has 0 bridgehead atoms. The molecule has 0 saturated heterocycles. The van der Waals surface area contributed by atoms with E-state index in [4.69, 9.17) is 9.47 Å². The van der Waals surface area contributed by atoms with Gasteiger partial charge in [0.1, 0.15) is 12.4 Å². The molecule has 0 amide bonds. The summed E-state index contributed by atoms with van der Waals surface area (Å²) in [5, 5.41) is 7.71. The Kier molecular flexibility index (Phi) is 4.40. The van der Waals surface area contributed by atoms with E-state index in [0.29, 0.717) is 23.9 Å². The highest BCUT2D eigenvalue weighted by molar-refractivity contribution is 6.00. The number of hydrogen-bond acceptors (Lipinski definition) is 6. The quantitative estimate of drug-likeness (QED) is 0.868. The topological polar surface area (TPSA) is 78.3 Å². The summed E-state index contributed by atoms with van der Waals surface area (Å²) in [6, 6.07) is 5.46. The van der Waals surface area contributed by atoms with Crippen molar-refractivity contribution in [3.63, 3.8) is 0 Å². The summed E-state index contributed by atoms with van der Waals surface area (Å²) in [4.78, 5) is 17.4. The van der Waals surface area contributed by atoms with Crippen molar-refractivity contribution >= 4 is 11.7 Å². The molecule has 0 radical (unpaired) electrons. The molecule has 148 valence electrons. The molecule has 2 heterocycles. The largest absolute Gasteiger partial charge is 0.493 e. The molecule has 1 aromatic carbocycles. The lowest BCUT2D eigenvalue weighted by atomic mass is 9.73. The Bertz CT molecular complexity index is 958. The number of hydrogen-bond donors (Lipinski definition) is 1. The van der Waals surface area contributed by atoms with Crippen LogP contribution >= 0.6 is 0 Å². The van der Waals surface area contributed by atoms with E-state index in [1.165, 1.54) is 6.33 Å². The van der Waals surface area contributed by atoms with Gasteiger partial charge in [-0.15, -0.1) is 0 Å². The molecular formula is C21H26N4O3. The predicted octanol–water partition coefficient (Wildman–Crippen LogP) is 3.73. The van der Waals surface area contributed by atoms with Crippen molar-refractivity contribution in [2.24, 2.45) is 5.41 Å². The second-order valence-electron chi connectivity index (χ2n) is 8.47. The van der Waals surface area contributed by atoms with E-state index in [0.717, 1.165) is 23.3 Å². The van der Waals surface area contributed by atoms with Crippen LogP contribution < -0.4 is 14.8 Å². The third kappa shape index (κ3) is 3.15. The van der Waals surface area contributed by atoms with E-state index in [-0.39, 0.29) is 23.3 Å². The lowest BCUT2D eigenvalue weighted by Crippen LogP contribution is -2.36. The zero-order chi connectivity index (χ0) is 20.1. The van der Waals surface area contributed by atoms with Gasteiger partial charge in [-0.3, -0.25) is 4.79 Å². The van der Waals surface area contributed by atoms with Gasteiger partial charge in [-0.25, -0.2) is 4.68 Å². The lowest BCUT2D eigenvalue weighted by molar-refractivity contribution is -0.118. The number of nitrogens with one attached hydrogen (secondary N) is 1. The van der Waals surface area contributed by atoms with Crippen molar-refractivity contribution in [2.75, 3.05) is 12.4 Å². The fourth-order valence-electron chi connectivity index (χ4n) is 4.06. The molecule has 1 atom stereocenters. The smallest absolute Gasteiger partial charge is 0.226 e. The highest BCUT2D eigenvalue weighted by atomic mass is 16.5. The van der Waals surface area contributed by atoms with Crippen LogP contribution in [0.4, 0.5) is 5.95 Å². The summed E-state index contributed by atoms with van der Waals surface area (Å²) in [6.07, 6.45) is 2.86. The molecule has 1 aliphatic heterocycles. The molecule has 7 nitrogen and oxygen atoms in total. The van der Waals surface area contributed by atoms with Gasteiger partial charge in [-0.05, 0) is 43.4 Å². The third-order valence-electron chi connectivity index (χ3n) is 5.14. The highest BCUT2D eigenvalue weighted by Crippen LogP contribution is 2.46. The molecule has 1 N–H and O–H groups in total. The second kappa shape index (κ2) is 6.65. The summed E-state index contributed by atoms with van der Waals surface area (Å²) in [6.45, 7) is 8.18. The van der Waals surface area contributed by atoms with Crippen molar-refractivity contribution < 1.29 is 14.3 Å². The summed E-state index contributed by atoms with van der Waals surface area (Å²) in [5.41, 5.74) is 2.54. The molecule has 4 rings (SSSR count). The first-order valence-corrected chi connectivity index (χ1v) is 9.56. The monoisotopic (exact) mass is 382 g/mol. The Labute approximate surface area is 164 Å². The summed E-state index contributed by atoms with van der Waals surface area (Å²) in [5.74, 6) is 2.11. The zero-order valence-corrected chi connectivity index (χ0v) is 16.9. The third-order valence-corrected chi connectivity index (χ3v) is 5.14. The molecule has 28 heavy (non-hydrogen) atoms. The first kappa shape index (κ1) is 18.5. The molecule has 0 fully saturated rings. The van der Waals surface area contributed by atoms with Crippen LogP contribution in [-0.4, -0.2) is 33.8 Å². The Morgan fingerprint density at radius 2 is 2.04 bits per heavy atom. The SMILES string of the molecule is COc1cc(C2C3=C(CC(C)(C)CC3=O)Nc3ncnn32)ccc1OC(C)C. The molecule has 0 spiro atoms. The van der Waals surface area contributed by atoms with Crippen LogP contribution in [-0.2, 0) is 4.79 Å². The average molecular weight is 382 g/mol. The Balaban J connectivity index is 1.84. The van der Waals surface area contributed by atoms with Gasteiger partial charge in [0.15, 0.2) is 17.3 Å². The van der Waals surface area contributed by atoms with Crippen molar-refractivity contribution in [2.45, 2.75) is 52.7 Å². The lowest BCUT2D eigenvalue weighted by Gasteiger charge is -2.38. The second-order valence-corrected chi connectivity index (χ2v) is 8.47. The fourth-order valence-corrected chi connectivity index (χ4v) is 4.06. The van der Waals surface area contributed by atoms with E-state index < -0.39 is 0 Å². The number of carbonyl (C=O) groups excluding carboxylic acids is 1. The van der Waals surface area contributed by atoms with E-state index >= 15 is 0 Å². The highest BCUT2D eigenvalue weighted by Gasteiger charge is 2.41. The first-order chi connectivity index (χ1) is 13.3. The van der Waals surface area contributed by atoms with Gasteiger partial charge in [0.25, 0.3) is 0 Å². The zero-order valence-electron chi connectivity index (χ0n) is 16.9. The van der Waals surface area contributed by atoms with Crippen molar-refractivity contribution in [3.05, 3.63) is 41.4 Å². The average Bonchev–Trinajstić information content (AvgIpc) is 3.07. The van der Waals surface area contributed by atoms with Crippen LogP contribution in [0.3, 0.4) is 0 Å². The molecule has 1 aliphatic carbocycles.